The summed E-state index contributed by atoms with van der Waals surface area (Å²) in [6.45, 7) is 5.84. The molecule has 0 amide bonds. The Balaban J connectivity index is 0.000000354. The Bertz CT molecular complexity index is 1180. The van der Waals surface area contributed by atoms with Gasteiger partial charge in [-0.2, -0.15) is 13.2 Å². The maximum Gasteiger partial charge on any atom is 0.417 e. The van der Waals surface area contributed by atoms with Gasteiger partial charge in [-0.05, 0) is 32.0 Å². The minimum atomic E-state index is -4.43. The molecule has 1 unspecified atom stereocenters. The number of ether oxygens (including phenoxy) is 1. The Labute approximate surface area is 181 Å². The van der Waals surface area contributed by atoms with Gasteiger partial charge in [-0.1, -0.05) is 5.16 Å². The third-order valence-corrected chi connectivity index (χ3v) is 4.83. The van der Waals surface area contributed by atoms with Crippen LogP contribution in [0.4, 0.5) is 19.0 Å². The van der Waals surface area contributed by atoms with Crippen molar-refractivity contribution in [2.75, 3.05) is 24.6 Å². The number of anilines is 1. The summed E-state index contributed by atoms with van der Waals surface area (Å²) in [5, 5.41) is 3.45. The van der Waals surface area contributed by atoms with E-state index in [2.05, 4.69) is 29.5 Å². The molecule has 8 nitrogen and oxygen atoms in total. The zero-order valence-electron chi connectivity index (χ0n) is 17.5. The molecule has 4 aromatic heterocycles. The number of aryl methyl sites for hydroxylation is 1. The zero-order chi connectivity index (χ0) is 22.7. The highest BCUT2D eigenvalue weighted by Crippen LogP contribution is 2.30. The zero-order valence-corrected chi connectivity index (χ0v) is 17.5. The maximum absolute atomic E-state index is 13.0. The Morgan fingerprint density at radius 1 is 1.09 bits per heavy atom. The van der Waals surface area contributed by atoms with E-state index in [1.165, 1.54) is 16.7 Å². The first-order valence-corrected chi connectivity index (χ1v) is 9.93. The number of hydrogen-bond donors (Lipinski definition) is 0. The Hall–Kier alpha value is -3.47. The number of halogens is 3. The van der Waals surface area contributed by atoms with E-state index in [9.17, 15) is 13.2 Å². The third kappa shape index (κ3) is 4.88. The highest BCUT2D eigenvalue weighted by atomic mass is 19.4. The van der Waals surface area contributed by atoms with E-state index < -0.39 is 11.7 Å². The normalized spacial score (nSPS) is 16.7. The Kier molecular flexibility index (Phi) is 6.08. The lowest BCUT2D eigenvalue weighted by molar-refractivity contribution is -0.137. The van der Waals surface area contributed by atoms with Crippen LogP contribution in [0.2, 0.25) is 0 Å². The molecular formula is C21H21F3N6O2. The van der Waals surface area contributed by atoms with Crippen molar-refractivity contribution in [2.45, 2.75) is 26.1 Å². The molecular weight excluding hydrogens is 425 g/mol. The van der Waals surface area contributed by atoms with Crippen LogP contribution in [0.5, 0.6) is 0 Å². The fraction of sp³-hybridized carbons (Fsp3) is 0.333. The molecule has 0 radical (unpaired) electrons. The van der Waals surface area contributed by atoms with Crippen molar-refractivity contribution in [3.05, 3.63) is 60.4 Å². The van der Waals surface area contributed by atoms with Gasteiger partial charge in [0.25, 0.3) is 0 Å². The lowest BCUT2D eigenvalue weighted by Crippen LogP contribution is -2.41. The van der Waals surface area contributed by atoms with Crippen molar-refractivity contribution in [1.82, 2.24) is 24.5 Å². The highest BCUT2D eigenvalue weighted by molar-refractivity contribution is 5.59. The standard InChI is InChI=1S/C17H16F3N5O.C4H5NO/c1-11-9-24(6-7-26-11)15-4-5-21-16(23-15)13-8-22-14-3-2-12(10-25(13)14)17(18,19)20;1-4-2-3-5-6-4/h2-5,8,10-11H,6-7,9H2,1H3;2-3H,1H3. The minimum absolute atomic E-state index is 0.0901. The average Bonchev–Trinajstić information content (AvgIpc) is 3.42. The minimum Gasteiger partial charge on any atom is -0.375 e. The first-order chi connectivity index (χ1) is 15.3. The van der Waals surface area contributed by atoms with Crippen molar-refractivity contribution in [1.29, 1.82) is 0 Å². The molecule has 5 heterocycles. The topological polar surface area (TPSA) is 81.6 Å². The largest absolute Gasteiger partial charge is 0.417 e. The molecule has 1 saturated heterocycles. The molecule has 0 aliphatic carbocycles. The molecule has 1 aliphatic heterocycles. The molecule has 168 valence electrons. The number of pyridine rings is 1. The van der Waals surface area contributed by atoms with Gasteiger partial charge in [-0.3, -0.25) is 4.40 Å². The Morgan fingerprint density at radius 2 is 1.94 bits per heavy atom. The van der Waals surface area contributed by atoms with E-state index in [1.54, 1.807) is 24.5 Å². The van der Waals surface area contributed by atoms with E-state index in [4.69, 9.17) is 4.74 Å². The number of fused-ring (bicyclic) bond motifs is 1. The summed E-state index contributed by atoms with van der Waals surface area (Å²) in [5.74, 6) is 1.90. The monoisotopic (exact) mass is 446 g/mol. The second kappa shape index (κ2) is 8.95. The summed E-state index contributed by atoms with van der Waals surface area (Å²) < 4.78 is 50.5. The van der Waals surface area contributed by atoms with Gasteiger partial charge in [0.05, 0.1) is 30.7 Å². The van der Waals surface area contributed by atoms with Crippen molar-refractivity contribution < 1.29 is 22.4 Å². The number of hydrogen-bond acceptors (Lipinski definition) is 7. The van der Waals surface area contributed by atoms with E-state index in [0.29, 0.717) is 42.7 Å². The van der Waals surface area contributed by atoms with Crippen molar-refractivity contribution in [2.24, 2.45) is 0 Å². The van der Waals surface area contributed by atoms with Crippen molar-refractivity contribution >= 4 is 11.5 Å². The van der Waals surface area contributed by atoms with Crippen LogP contribution in [0.25, 0.3) is 17.2 Å². The number of rotatable bonds is 2. The van der Waals surface area contributed by atoms with Gasteiger partial charge in [-0.25, -0.2) is 15.0 Å². The van der Waals surface area contributed by atoms with Crippen LogP contribution >= 0.6 is 0 Å². The van der Waals surface area contributed by atoms with Gasteiger partial charge < -0.3 is 14.2 Å². The molecule has 1 fully saturated rings. The smallest absolute Gasteiger partial charge is 0.375 e. The molecule has 1 aliphatic rings. The van der Waals surface area contributed by atoms with Gasteiger partial charge in [0.1, 0.15) is 22.9 Å². The van der Waals surface area contributed by atoms with E-state index >= 15 is 0 Å². The molecule has 0 saturated carbocycles. The summed E-state index contributed by atoms with van der Waals surface area (Å²) in [7, 11) is 0. The molecule has 4 aromatic rings. The lowest BCUT2D eigenvalue weighted by Gasteiger charge is -2.32. The maximum atomic E-state index is 13.0. The molecule has 11 heteroatoms. The van der Waals surface area contributed by atoms with E-state index in [1.807, 2.05) is 13.8 Å². The number of aromatic nitrogens is 5. The summed E-state index contributed by atoms with van der Waals surface area (Å²) in [6, 6.07) is 5.93. The molecule has 1 atom stereocenters. The fourth-order valence-corrected chi connectivity index (χ4v) is 3.27. The first kappa shape index (κ1) is 21.8. The van der Waals surface area contributed by atoms with Crippen molar-refractivity contribution in [3.8, 4) is 11.5 Å². The molecule has 0 N–H and O–H groups in total. The number of morpholine rings is 1. The fourth-order valence-electron chi connectivity index (χ4n) is 3.27. The summed E-state index contributed by atoms with van der Waals surface area (Å²) in [5.41, 5.74) is 0.0682. The summed E-state index contributed by atoms with van der Waals surface area (Å²) in [6.07, 6.45) is 1.39. The highest BCUT2D eigenvalue weighted by Gasteiger charge is 2.31. The predicted octanol–water partition coefficient (Wildman–Crippen LogP) is 4.02. The average molecular weight is 446 g/mol. The third-order valence-electron chi connectivity index (χ3n) is 4.83. The quantitative estimate of drug-likeness (QED) is 0.460. The second-order valence-corrected chi connectivity index (χ2v) is 7.28. The number of alkyl halides is 3. The van der Waals surface area contributed by atoms with Crippen LogP contribution in [0, 0.1) is 6.92 Å². The molecule has 0 bridgehead atoms. The Morgan fingerprint density at radius 3 is 2.59 bits per heavy atom. The first-order valence-electron chi connectivity index (χ1n) is 9.93. The summed E-state index contributed by atoms with van der Waals surface area (Å²) >= 11 is 0. The van der Waals surface area contributed by atoms with Crippen LogP contribution in [0.3, 0.4) is 0 Å². The number of imidazole rings is 1. The van der Waals surface area contributed by atoms with Crippen LogP contribution < -0.4 is 4.90 Å². The van der Waals surface area contributed by atoms with Gasteiger partial charge in [-0.15, -0.1) is 0 Å². The molecule has 5 rings (SSSR count). The van der Waals surface area contributed by atoms with Gasteiger partial charge in [0.15, 0.2) is 5.82 Å². The van der Waals surface area contributed by atoms with E-state index in [-0.39, 0.29) is 6.10 Å². The molecule has 32 heavy (non-hydrogen) atoms. The molecule has 0 spiro atoms. The van der Waals surface area contributed by atoms with Crippen LogP contribution in [0.1, 0.15) is 18.2 Å². The van der Waals surface area contributed by atoms with Crippen molar-refractivity contribution in [3.63, 3.8) is 0 Å². The van der Waals surface area contributed by atoms with Gasteiger partial charge in [0.2, 0.25) is 0 Å². The number of nitrogens with zero attached hydrogens (tertiary/aromatic N) is 6. The van der Waals surface area contributed by atoms with Gasteiger partial charge >= 0.3 is 6.18 Å². The SMILES string of the molecule is CC1CN(c2ccnc(-c3cnc4ccc(C(F)(F)F)cn34)n2)CCO1.Cc1ccno1. The van der Waals surface area contributed by atoms with E-state index in [0.717, 1.165) is 18.0 Å². The van der Waals surface area contributed by atoms with Crippen LogP contribution in [-0.4, -0.2) is 50.3 Å². The van der Waals surface area contributed by atoms with Crippen LogP contribution in [0.15, 0.2) is 53.6 Å². The lowest BCUT2D eigenvalue weighted by atomic mass is 10.2. The van der Waals surface area contributed by atoms with Gasteiger partial charge in [0, 0.05) is 31.5 Å². The molecule has 0 aromatic carbocycles. The summed E-state index contributed by atoms with van der Waals surface area (Å²) in [4.78, 5) is 15.0. The second-order valence-electron chi connectivity index (χ2n) is 7.28. The predicted molar refractivity (Wildman–Crippen MR) is 110 cm³/mol. The van der Waals surface area contributed by atoms with Crippen LogP contribution in [-0.2, 0) is 10.9 Å².